The Kier molecular flexibility index (Phi) is 2.52. The highest BCUT2D eigenvalue weighted by Crippen LogP contribution is 2.32. The fourth-order valence-electron chi connectivity index (χ4n) is 1.18. The van der Waals surface area contributed by atoms with E-state index in [1.54, 1.807) is 17.5 Å². The van der Waals surface area contributed by atoms with Crippen molar-refractivity contribution in [2.75, 3.05) is 5.73 Å². The lowest BCUT2D eigenvalue weighted by molar-refractivity contribution is 1.15. The molecule has 0 spiro atoms. The van der Waals surface area contributed by atoms with Gasteiger partial charge in [-0.25, -0.2) is 9.97 Å². The molecule has 0 aliphatic carbocycles. The largest absolute Gasteiger partial charge is 0.368 e. The highest BCUT2D eigenvalue weighted by Gasteiger charge is 2.09. The third-order valence-electron chi connectivity index (χ3n) is 1.86. The van der Waals surface area contributed by atoms with Crippen molar-refractivity contribution in [3.63, 3.8) is 0 Å². The van der Waals surface area contributed by atoms with Crippen LogP contribution in [0.15, 0.2) is 21.4 Å². The molecular formula is C9H8BrN3S. The predicted molar refractivity (Wildman–Crippen MR) is 62.2 cm³/mol. The minimum Gasteiger partial charge on any atom is -0.368 e. The Bertz CT molecular complexity index is 467. The van der Waals surface area contributed by atoms with E-state index in [-0.39, 0.29) is 0 Å². The van der Waals surface area contributed by atoms with Gasteiger partial charge in [0.25, 0.3) is 0 Å². The van der Waals surface area contributed by atoms with Crippen LogP contribution < -0.4 is 5.73 Å². The summed E-state index contributed by atoms with van der Waals surface area (Å²) in [6.45, 7) is 1.97. The molecule has 0 unspecified atom stereocenters. The molecule has 0 atom stereocenters. The van der Waals surface area contributed by atoms with Gasteiger partial charge in [0.1, 0.15) is 0 Å². The van der Waals surface area contributed by atoms with Gasteiger partial charge in [-0.2, -0.15) is 11.3 Å². The summed E-state index contributed by atoms with van der Waals surface area (Å²) in [4.78, 5) is 8.15. The summed E-state index contributed by atoms with van der Waals surface area (Å²) >= 11 is 5.10. The number of thiophene rings is 1. The first kappa shape index (κ1) is 9.61. The molecule has 2 heterocycles. The molecule has 0 bridgehead atoms. The second-order valence-corrected chi connectivity index (χ2v) is 4.49. The minimum atomic E-state index is 0.309. The van der Waals surface area contributed by atoms with E-state index in [0.717, 1.165) is 21.3 Å². The van der Waals surface area contributed by atoms with Crippen LogP contribution in [-0.2, 0) is 0 Å². The third-order valence-corrected chi connectivity index (χ3v) is 3.56. The van der Waals surface area contributed by atoms with Crippen molar-refractivity contribution in [3.8, 4) is 11.3 Å². The van der Waals surface area contributed by atoms with Gasteiger partial charge < -0.3 is 5.73 Å². The number of aryl methyl sites for hydroxylation is 1. The van der Waals surface area contributed by atoms with Crippen molar-refractivity contribution in [1.29, 1.82) is 0 Å². The van der Waals surface area contributed by atoms with Crippen molar-refractivity contribution >= 4 is 33.2 Å². The third kappa shape index (κ3) is 1.65. The molecule has 0 radical (unpaired) electrons. The molecule has 3 nitrogen and oxygen atoms in total. The van der Waals surface area contributed by atoms with Gasteiger partial charge in [0.15, 0.2) is 0 Å². The molecule has 0 aromatic carbocycles. The lowest BCUT2D eigenvalue weighted by Crippen LogP contribution is -1.97. The van der Waals surface area contributed by atoms with Crippen LogP contribution in [0.25, 0.3) is 11.3 Å². The second kappa shape index (κ2) is 3.67. The Hall–Kier alpha value is -0.940. The Morgan fingerprint density at radius 1 is 1.43 bits per heavy atom. The fourth-order valence-corrected chi connectivity index (χ4v) is 2.65. The summed E-state index contributed by atoms with van der Waals surface area (Å²) in [5.74, 6) is 0.309. The van der Waals surface area contributed by atoms with E-state index in [1.165, 1.54) is 0 Å². The fraction of sp³-hybridized carbons (Fsp3) is 0.111. The molecule has 14 heavy (non-hydrogen) atoms. The van der Waals surface area contributed by atoms with Crippen LogP contribution in [0.2, 0.25) is 0 Å². The van der Waals surface area contributed by atoms with Crippen LogP contribution in [-0.4, -0.2) is 9.97 Å². The van der Waals surface area contributed by atoms with Crippen LogP contribution in [0.4, 0.5) is 5.95 Å². The van der Waals surface area contributed by atoms with Gasteiger partial charge in [-0.1, -0.05) is 0 Å². The Morgan fingerprint density at radius 2 is 2.21 bits per heavy atom. The van der Waals surface area contributed by atoms with Crippen LogP contribution in [0.5, 0.6) is 0 Å². The van der Waals surface area contributed by atoms with E-state index in [1.807, 2.05) is 17.7 Å². The average Bonchev–Trinajstić information content (AvgIpc) is 2.56. The standard InChI is InChI=1S/C9H8BrN3S/c1-5-2-12-9(11)13-8(5)6-3-14-4-7(6)10/h2-4H,1H3,(H2,11,12,13). The molecule has 0 aliphatic heterocycles. The van der Waals surface area contributed by atoms with Crippen molar-refractivity contribution in [2.45, 2.75) is 6.92 Å². The lowest BCUT2D eigenvalue weighted by Gasteiger charge is -2.03. The van der Waals surface area contributed by atoms with Crippen molar-refractivity contribution < 1.29 is 0 Å². The van der Waals surface area contributed by atoms with Crippen LogP contribution >= 0.6 is 27.3 Å². The Balaban J connectivity index is 2.62. The van der Waals surface area contributed by atoms with E-state index >= 15 is 0 Å². The summed E-state index contributed by atoms with van der Waals surface area (Å²) < 4.78 is 1.05. The van der Waals surface area contributed by atoms with Gasteiger partial charge in [-0.15, -0.1) is 0 Å². The van der Waals surface area contributed by atoms with Gasteiger partial charge in [-0.3, -0.25) is 0 Å². The van der Waals surface area contributed by atoms with E-state index in [4.69, 9.17) is 5.73 Å². The number of aromatic nitrogens is 2. The maximum absolute atomic E-state index is 5.55. The van der Waals surface area contributed by atoms with Gasteiger partial charge in [-0.05, 0) is 28.4 Å². The van der Waals surface area contributed by atoms with E-state index in [2.05, 4.69) is 25.9 Å². The van der Waals surface area contributed by atoms with E-state index in [9.17, 15) is 0 Å². The molecule has 2 aromatic heterocycles. The highest BCUT2D eigenvalue weighted by molar-refractivity contribution is 9.10. The van der Waals surface area contributed by atoms with Gasteiger partial charge >= 0.3 is 0 Å². The molecule has 0 saturated carbocycles. The second-order valence-electron chi connectivity index (χ2n) is 2.89. The summed E-state index contributed by atoms with van der Waals surface area (Å²) in [7, 11) is 0. The molecule has 2 aromatic rings. The minimum absolute atomic E-state index is 0.309. The summed E-state index contributed by atoms with van der Waals surface area (Å²) in [5, 5.41) is 4.06. The zero-order valence-electron chi connectivity index (χ0n) is 7.49. The maximum atomic E-state index is 5.55. The van der Waals surface area contributed by atoms with Gasteiger partial charge in [0.2, 0.25) is 5.95 Å². The molecule has 0 saturated heterocycles. The molecule has 5 heteroatoms. The number of nitrogens with zero attached hydrogens (tertiary/aromatic N) is 2. The molecule has 72 valence electrons. The SMILES string of the molecule is Cc1cnc(N)nc1-c1cscc1Br. The quantitative estimate of drug-likeness (QED) is 0.866. The van der Waals surface area contributed by atoms with Crippen LogP contribution in [0.1, 0.15) is 5.56 Å². The number of nitrogens with two attached hydrogens (primary N) is 1. The highest BCUT2D eigenvalue weighted by atomic mass is 79.9. The molecule has 2 N–H and O–H groups in total. The van der Waals surface area contributed by atoms with Gasteiger partial charge in [0, 0.05) is 27.0 Å². The number of halogens is 1. The molecule has 0 aliphatic rings. The topological polar surface area (TPSA) is 51.8 Å². The van der Waals surface area contributed by atoms with Crippen molar-refractivity contribution in [3.05, 3.63) is 27.0 Å². The summed E-state index contributed by atoms with van der Waals surface area (Å²) in [5.41, 5.74) is 8.54. The van der Waals surface area contributed by atoms with Crippen LogP contribution in [0.3, 0.4) is 0 Å². The lowest BCUT2D eigenvalue weighted by atomic mass is 10.1. The molecule has 0 amide bonds. The zero-order valence-corrected chi connectivity index (χ0v) is 9.89. The maximum Gasteiger partial charge on any atom is 0.220 e. The van der Waals surface area contributed by atoms with Crippen molar-refractivity contribution in [1.82, 2.24) is 9.97 Å². The first-order valence-corrected chi connectivity index (χ1v) is 5.73. The van der Waals surface area contributed by atoms with Crippen LogP contribution in [0, 0.1) is 6.92 Å². The number of hydrogen-bond acceptors (Lipinski definition) is 4. The van der Waals surface area contributed by atoms with E-state index < -0.39 is 0 Å². The van der Waals surface area contributed by atoms with Crippen molar-refractivity contribution in [2.24, 2.45) is 0 Å². The molecule has 0 fully saturated rings. The number of nitrogen functional groups attached to an aromatic ring is 1. The number of anilines is 1. The van der Waals surface area contributed by atoms with E-state index in [0.29, 0.717) is 5.95 Å². The molecule has 2 rings (SSSR count). The Morgan fingerprint density at radius 3 is 2.86 bits per heavy atom. The normalized spacial score (nSPS) is 10.4. The summed E-state index contributed by atoms with van der Waals surface area (Å²) in [6, 6.07) is 0. The Labute approximate surface area is 94.1 Å². The summed E-state index contributed by atoms with van der Waals surface area (Å²) in [6.07, 6.45) is 1.74. The molecular weight excluding hydrogens is 262 g/mol. The monoisotopic (exact) mass is 269 g/mol. The predicted octanol–water partition coefficient (Wildman–Crippen LogP) is 2.86. The smallest absolute Gasteiger partial charge is 0.220 e. The number of hydrogen-bond donors (Lipinski definition) is 1. The number of rotatable bonds is 1. The zero-order chi connectivity index (χ0) is 10.1. The van der Waals surface area contributed by atoms with Gasteiger partial charge in [0.05, 0.1) is 5.69 Å². The first-order chi connectivity index (χ1) is 6.68. The average molecular weight is 270 g/mol. The first-order valence-electron chi connectivity index (χ1n) is 3.99.